The highest BCUT2D eigenvalue weighted by molar-refractivity contribution is 5.67. The number of hydrogen-bond donors (Lipinski definition) is 1. The summed E-state index contributed by atoms with van der Waals surface area (Å²) in [5, 5.41) is 6.79. The highest BCUT2D eigenvalue weighted by Gasteiger charge is 2.05. The topological polar surface area (TPSA) is 65.4 Å². The van der Waals surface area contributed by atoms with Crippen LogP contribution in [-0.4, -0.2) is 16.0 Å². The second-order valence-corrected chi connectivity index (χ2v) is 5.43. The number of ether oxygens (including phenoxy) is 1. The lowest BCUT2D eigenvalue weighted by Gasteiger charge is -2.06. The monoisotopic (exact) mass is 337 g/mol. The van der Waals surface area contributed by atoms with Crippen molar-refractivity contribution in [2.75, 3.05) is 0 Å². The van der Waals surface area contributed by atoms with Crippen LogP contribution in [0.25, 0.3) is 0 Å². The average molecular weight is 337 g/mol. The van der Waals surface area contributed by atoms with Gasteiger partial charge in [0.25, 0.3) is 0 Å². The zero-order chi connectivity index (χ0) is 17.3. The number of nitrogens with one attached hydrogen (secondary N) is 1. The minimum Gasteiger partial charge on any atom is -0.445 e. The van der Waals surface area contributed by atoms with E-state index in [1.165, 1.54) is 4.85 Å². The van der Waals surface area contributed by atoms with Crippen molar-refractivity contribution in [3.63, 3.8) is 0 Å². The number of nitrogens with zero attached hydrogens (tertiary/aromatic N) is 2. The lowest BCUT2D eigenvalue weighted by atomic mass is 10.2. The van der Waals surface area contributed by atoms with Gasteiger partial charge in [0.05, 0.1) is 12.4 Å². The lowest BCUT2D eigenvalue weighted by molar-refractivity contribution is 0.0698. The summed E-state index contributed by atoms with van der Waals surface area (Å²) >= 11 is 0. The van der Waals surface area contributed by atoms with Gasteiger partial charge in [0.15, 0.2) is 0 Å². The van der Waals surface area contributed by atoms with Gasteiger partial charge in [-0.2, -0.15) is 0 Å². The fraction of sp³-hybridized carbons (Fsp3) is 0.158. The molecule has 25 heavy (non-hydrogen) atoms. The molecule has 0 radical (unpaired) electrons. The number of rotatable bonds is 7. The van der Waals surface area contributed by atoms with Crippen molar-refractivity contribution >= 4 is 6.09 Å². The Balaban J connectivity index is 1.40. The molecule has 1 aromatic heterocycles. The highest BCUT2D eigenvalue weighted by Crippen LogP contribution is 2.02. The smallest absolute Gasteiger partial charge is 0.407 e. The number of amides is 1. The molecule has 0 fully saturated rings. The van der Waals surface area contributed by atoms with E-state index in [0.29, 0.717) is 13.2 Å². The predicted octanol–water partition coefficient (Wildman–Crippen LogP) is 2.94. The summed E-state index contributed by atoms with van der Waals surface area (Å²) in [7, 11) is 0. The summed E-state index contributed by atoms with van der Waals surface area (Å²) in [5.74, 6) is 0. The minimum atomic E-state index is -0.471. The summed E-state index contributed by atoms with van der Waals surface area (Å²) in [4.78, 5) is 18.7. The van der Waals surface area contributed by atoms with Crippen molar-refractivity contribution in [3.8, 4) is 0 Å². The maximum absolute atomic E-state index is 11.7. The molecule has 0 saturated heterocycles. The van der Waals surface area contributed by atoms with Gasteiger partial charge in [-0.3, -0.25) is 0 Å². The summed E-state index contributed by atoms with van der Waals surface area (Å²) in [5.41, 5.74) is 2.83. The molecule has 1 amide bonds. The van der Waals surface area contributed by atoms with Crippen molar-refractivity contribution in [2.24, 2.45) is 0 Å². The van der Waals surface area contributed by atoms with Crippen LogP contribution in [0.4, 0.5) is 4.79 Å². The molecule has 0 saturated carbocycles. The van der Waals surface area contributed by atoms with E-state index in [0.717, 1.165) is 16.7 Å². The van der Waals surface area contributed by atoms with Crippen molar-refractivity contribution in [1.29, 1.82) is 0 Å². The molecule has 0 unspecified atom stereocenters. The third kappa shape index (κ3) is 5.39. The molecule has 3 rings (SSSR count). The van der Waals surface area contributed by atoms with Gasteiger partial charge < -0.3 is 14.9 Å². The first-order valence-corrected chi connectivity index (χ1v) is 7.95. The fourth-order valence-electron chi connectivity index (χ4n) is 2.16. The standard InChI is InChI=1S/C19H19N3O3/c23-19(24-14-16-7-3-1-4-8-16)20-11-18-12-21-22(13-18)25-15-17-9-5-2-6-10-17/h1-10,12-13H,11,14-15H2,(H,20,23). The van der Waals surface area contributed by atoms with Crippen LogP contribution in [0.3, 0.4) is 0 Å². The number of carbonyl (C=O) groups is 1. The lowest BCUT2D eigenvalue weighted by Crippen LogP contribution is -2.23. The van der Waals surface area contributed by atoms with Crippen LogP contribution >= 0.6 is 0 Å². The Morgan fingerprint density at radius 2 is 1.56 bits per heavy atom. The molecule has 0 spiro atoms. The summed E-state index contributed by atoms with van der Waals surface area (Å²) < 4.78 is 5.15. The van der Waals surface area contributed by atoms with E-state index in [9.17, 15) is 4.79 Å². The number of alkyl carbamates (subject to hydrolysis) is 1. The normalized spacial score (nSPS) is 10.2. The molecule has 3 aromatic rings. The first kappa shape index (κ1) is 16.6. The molecule has 0 aliphatic rings. The van der Waals surface area contributed by atoms with Gasteiger partial charge >= 0.3 is 6.09 Å². The van der Waals surface area contributed by atoms with E-state index < -0.39 is 6.09 Å². The number of hydrogen-bond acceptors (Lipinski definition) is 4. The van der Waals surface area contributed by atoms with E-state index in [2.05, 4.69) is 10.4 Å². The summed E-state index contributed by atoms with van der Waals surface area (Å²) in [6.45, 7) is 0.989. The number of benzene rings is 2. The van der Waals surface area contributed by atoms with Crippen LogP contribution in [0.1, 0.15) is 16.7 Å². The predicted molar refractivity (Wildman–Crippen MR) is 92.4 cm³/mol. The maximum atomic E-state index is 11.7. The quantitative estimate of drug-likeness (QED) is 0.720. The van der Waals surface area contributed by atoms with Gasteiger partial charge in [-0.1, -0.05) is 60.7 Å². The zero-order valence-electron chi connectivity index (χ0n) is 13.7. The van der Waals surface area contributed by atoms with Gasteiger partial charge in [0, 0.05) is 12.1 Å². The van der Waals surface area contributed by atoms with Gasteiger partial charge in [-0.25, -0.2) is 4.79 Å². The average Bonchev–Trinajstić information content (AvgIpc) is 3.13. The molecule has 0 bridgehead atoms. The first-order chi connectivity index (χ1) is 12.3. The van der Waals surface area contributed by atoms with E-state index in [-0.39, 0.29) is 6.61 Å². The Morgan fingerprint density at radius 3 is 2.24 bits per heavy atom. The third-order valence-corrected chi connectivity index (χ3v) is 3.47. The molecule has 6 heteroatoms. The molecule has 0 aliphatic heterocycles. The van der Waals surface area contributed by atoms with Gasteiger partial charge in [0.1, 0.15) is 13.2 Å². The Morgan fingerprint density at radius 1 is 0.920 bits per heavy atom. The maximum Gasteiger partial charge on any atom is 0.407 e. The van der Waals surface area contributed by atoms with E-state index in [1.54, 1.807) is 12.4 Å². The van der Waals surface area contributed by atoms with Crippen LogP contribution in [0.2, 0.25) is 0 Å². The number of aromatic nitrogens is 2. The van der Waals surface area contributed by atoms with Crippen molar-refractivity contribution in [2.45, 2.75) is 19.8 Å². The van der Waals surface area contributed by atoms with Crippen molar-refractivity contribution in [1.82, 2.24) is 15.3 Å². The van der Waals surface area contributed by atoms with Gasteiger partial charge in [-0.05, 0) is 11.1 Å². The number of carbonyl (C=O) groups excluding carboxylic acids is 1. The summed E-state index contributed by atoms with van der Waals surface area (Å²) in [6.07, 6.45) is 2.89. The third-order valence-electron chi connectivity index (χ3n) is 3.47. The molecule has 2 aromatic carbocycles. The molecular formula is C19H19N3O3. The first-order valence-electron chi connectivity index (χ1n) is 7.95. The second kappa shape index (κ2) is 8.54. The molecular weight excluding hydrogens is 318 g/mol. The summed E-state index contributed by atoms with van der Waals surface area (Å²) in [6, 6.07) is 19.4. The van der Waals surface area contributed by atoms with E-state index in [1.807, 2.05) is 60.7 Å². The van der Waals surface area contributed by atoms with Crippen LogP contribution in [0.15, 0.2) is 73.1 Å². The Bertz CT molecular complexity index is 788. The van der Waals surface area contributed by atoms with Crippen LogP contribution in [0.5, 0.6) is 0 Å². The van der Waals surface area contributed by atoms with E-state index in [4.69, 9.17) is 9.57 Å². The van der Waals surface area contributed by atoms with Crippen LogP contribution in [-0.2, 0) is 24.5 Å². The minimum absolute atomic E-state index is 0.242. The molecule has 1 N–H and O–H groups in total. The van der Waals surface area contributed by atoms with Crippen molar-refractivity contribution < 1.29 is 14.4 Å². The Kier molecular flexibility index (Phi) is 5.66. The SMILES string of the molecule is O=C(NCc1cnn(OCc2ccccc2)c1)OCc1ccccc1. The Labute approximate surface area is 146 Å². The van der Waals surface area contributed by atoms with Crippen LogP contribution < -0.4 is 10.2 Å². The van der Waals surface area contributed by atoms with Gasteiger partial charge in [0.2, 0.25) is 0 Å². The Hall–Kier alpha value is -3.28. The van der Waals surface area contributed by atoms with Crippen LogP contribution in [0, 0.1) is 0 Å². The molecule has 0 aliphatic carbocycles. The highest BCUT2D eigenvalue weighted by atomic mass is 16.7. The fourth-order valence-corrected chi connectivity index (χ4v) is 2.16. The van der Waals surface area contributed by atoms with Gasteiger partial charge in [-0.15, -0.1) is 9.94 Å². The molecule has 128 valence electrons. The second-order valence-electron chi connectivity index (χ2n) is 5.43. The van der Waals surface area contributed by atoms with E-state index >= 15 is 0 Å². The molecule has 1 heterocycles. The molecule has 6 nitrogen and oxygen atoms in total. The largest absolute Gasteiger partial charge is 0.445 e. The van der Waals surface area contributed by atoms with Crippen molar-refractivity contribution in [3.05, 3.63) is 89.7 Å². The zero-order valence-corrected chi connectivity index (χ0v) is 13.7. The molecule has 0 atom stereocenters.